The first kappa shape index (κ1) is 11.0. The average molecular weight is 216 g/mol. The molecule has 2 N–H and O–H groups in total. The van der Waals surface area contributed by atoms with Gasteiger partial charge < -0.3 is 15.2 Å². The zero-order valence-electron chi connectivity index (χ0n) is 8.06. The predicted molar refractivity (Wildman–Crippen MR) is 52.7 cm³/mol. The van der Waals surface area contributed by atoms with E-state index in [1.165, 1.54) is 26.0 Å². The van der Waals surface area contributed by atoms with Crippen LogP contribution in [0.4, 0.5) is 0 Å². The third-order valence-electron chi connectivity index (χ3n) is 1.29. The number of aromatic nitrogens is 3. The quantitative estimate of drug-likeness (QED) is 0.690. The van der Waals surface area contributed by atoms with Crippen molar-refractivity contribution in [3.8, 4) is 12.0 Å². The molecule has 14 heavy (non-hydrogen) atoms. The van der Waals surface area contributed by atoms with Crippen molar-refractivity contribution in [1.82, 2.24) is 15.0 Å². The van der Waals surface area contributed by atoms with Gasteiger partial charge in [0.05, 0.1) is 14.2 Å². The fourth-order valence-corrected chi connectivity index (χ4v) is 1.30. The van der Waals surface area contributed by atoms with Crippen molar-refractivity contribution in [3.63, 3.8) is 0 Å². The van der Waals surface area contributed by atoms with E-state index in [1.54, 1.807) is 0 Å². The highest BCUT2D eigenvalue weighted by Gasteiger charge is 2.06. The SMILES string of the molecule is COc1nc(OC)nc(SCCN)n1. The van der Waals surface area contributed by atoms with E-state index in [9.17, 15) is 0 Å². The lowest BCUT2D eigenvalue weighted by molar-refractivity contribution is 0.332. The number of ether oxygens (including phenoxy) is 2. The second kappa shape index (κ2) is 5.61. The normalized spacial score (nSPS) is 9.93. The second-order valence-corrected chi connectivity index (χ2v) is 3.29. The smallest absolute Gasteiger partial charge is 0.323 e. The van der Waals surface area contributed by atoms with Gasteiger partial charge in [-0.15, -0.1) is 4.98 Å². The lowest BCUT2D eigenvalue weighted by Gasteiger charge is -2.03. The van der Waals surface area contributed by atoms with Crippen molar-refractivity contribution in [2.75, 3.05) is 26.5 Å². The van der Waals surface area contributed by atoms with E-state index in [0.29, 0.717) is 11.7 Å². The molecule has 0 fully saturated rings. The Hall–Kier alpha value is -1.08. The Kier molecular flexibility index (Phi) is 4.41. The number of methoxy groups -OCH3 is 2. The van der Waals surface area contributed by atoms with Gasteiger partial charge in [-0.2, -0.15) is 9.97 Å². The Labute approximate surface area is 86.2 Å². The van der Waals surface area contributed by atoms with E-state index >= 15 is 0 Å². The molecular formula is C7H12N4O2S. The Morgan fingerprint density at radius 1 is 1.14 bits per heavy atom. The van der Waals surface area contributed by atoms with Crippen molar-refractivity contribution in [2.45, 2.75) is 5.16 Å². The minimum atomic E-state index is 0.247. The predicted octanol–water partition coefficient (Wildman–Crippen LogP) is -0.0604. The molecule has 78 valence electrons. The molecule has 0 saturated carbocycles. The summed E-state index contributed by atoms with van der Waals surface area (Å²) in [4.78, 5) is 11.9. The van der Waals surface area contributed by atoms with Gasteiger partial charge in [0.25, 0.3) is 0 Å². The lowest BCUT2D eigenvalue weighted by atomic mass is 10.8. The molecule has 6 nitrogen and oxygen atoms in total. The molecule has 0 aliphatic carbocycles. The standard InChI is InChI=1S/C7H12N4O2S/c1-12-5-9-6(13-2)11-7(10-5)14-4-3-8/h3-4,8H2,1-2H3. The van der Waals surface area contributed by atoms with Crippen molar-refractivity contribution >= 4 is 11.8 Å². The minimum Gasteiger partial charge on any atom is -0.467 e. The zero-order chi connectivity index (χ0) is 10.4. The molecule has 0 bridgehead atoms. The maximum absolute atomic E-state index is 5.36. The van der Waals surface area contributed by atoms with Gasteiger partial charge in [0.15, 0.2) is 5.16 Å². The Bertz CT molecular complexity index is 275. The zero-order valence-corrected chi connectivity index (χ0v) is 8.87. The fourth-order valence-electron chi connectivity index (χ4n) is 0.718. The van der Waals surface area contributed by atoms with Gasteiger partial charge in [-0.05, 0) is 0 Å². The van der Waals surface area contributed by atoms with Gasteiger partial charge in [-0.25, -0.2) is 0 Å². The second-order valence-electron chi connectivity index (χ2n) is 2.23. The number of hydrogen-bond donors (Lipinski definition) is 1. The number of hydrogen-bond acceptors (Lipinski definition) is 7. The molecule has 0 radical (unpaired) electrons. The summed E-state index contributed by atoms with van der Waals surface area (Å²) >= 11 is 1.43. The molecule has 0 amide bonds. The van der Waals surface area contributed by atoms with Crippen LogP contribution in [0.1, 0.15) is 0 Å². The van der Waals surface area contributed by atoms with E-state index in [1.807, 2.05) is 0 Å². The number of rotatable bonds is 5. The van der Waals surface area contributed by atoms with Crippen LogP contribution in [0, 0.1) is 0 Å². The summed E-state index contributed by atoms with van der Waals surface area (Å²) in [5.74, 6) is 0.746. The Morgan fingerprint density at radius 3 is 2.14 bits per heavy atom. The van der Waals surface area contributed by atoms with Gasteiger partial charge in [-0.1, -0.05) is 11.8 Å². The van der Waals surface area contributed by atoms with Gasteiger partial charge >= 0.3 is 12.0 Å². The maximum atomic E-state index is 5.36. The molecule has 1 aromatic heterocycles. The first-order chi connectivity index (χ1) is 6.80. The Balaban J connectivity index is 2.81. The molecule has 0 unspecified atom stereocenters. The molecule has 1 rings (SSSR count). The highest BCUT2D eigenvalue weighted by atomic mass is 32.2. The molecule has 0 spiro atoms. The van der Waals surface area contributed by atoms with Gasteiger partial charge in [0, 0.05) is 12.3 Å². The molecule has 1 heterocycles. The topological polar surface area (TPSA) is 83.2 Å². The fraction of sp³-hybridized carbons (Fsp3) is 0.571. The first-order valence-electron chi connectivity index (χ1n) is 3.97. The van der Waals surface area contributed by atoms with Crippen LogP contribution < -0.4 is 15.2 Å². The average Bonchev–Trinajstić information content (AvgIpc) is 2.25. The molecular weight excluding hydrogens is 204 g/mol. The van der Waals surface area contributed by atoms with E-state index in [2.05, 4.69) is 15.0 Å². The van der Waals surface area contributed by atoms with E-state index < -0.39 is 0 Å². The highest BCUT2D eigenvalue weighted by Crippen LogP contribution is 2.17. The van der Waals surface area contributed by atoms with Crippen LogP contribution in [-0.4, -0.2) is 41.5 Å². The summed E-state index contributed by atoms with van der Waals surface area (Å²) < 4.78 is 9.78. The molecule has 0 aliphatic rings. The summed E-state index contributed by atoms with van der Waals surface area (Å²) in [6.07, 6.45) is 0. The molecule has 7 heteroatoms. The van der Waals surface area contributed by atoms with Gasteiger partial charge in [0.1, 0.15) is 0 Å². The first-order valence-corrected chi connectivity index (χ1v) is 4.95. The number of nitrogens with two attached hydrogens (primary N) is 1. The molecule has 0 aromatic carbocycles. The van der Waals surface area contributed by atoms with Crippen molar-refractivity contribution in [2.24, 2.45) is 5.73 Å². The van der Waals surface area contributed by atoms with Crippen LogP contribution in [0.5, 0.6) is 12.0 Å². The van der Waals surface area contributed by atoms with E-state index in [-0.39, 0.29) is 12.0 Å². The van der Waals surface area contributed by atoms with Crippen molar-refractivity contribution < 1.29 is 9.47 Å². The molecule has 0 atom stereocenters. The van der Waals surface area contributed by atoms with Crippen molar-refractivity contribution in [1.29, 1.82) is 0 Å². The summed E-state index contributed by atoms with van der Waals surface area (Å²) in [5, 5.41) is 0.555. The Morgan fingerprint density at radius 2 is 1.71 bits per heavy atom. The van der Waals surface area contributed by atoms with Crippen LogP contribution >= 0.6 is 11.8 Å². The van der Waals surface area contributed by atoms with Crippen LogP contribution in [0.15, 0.2) is 5.16 Å². The third kappa shape index (κ3) is 3.00. The maximum Gasteiger partial charge on any atom is 0.323 e. The largest absolute Gasteiger partial charge is 0.467 e. The van der Waals surface area contributed by atoms with Crippen molar-refractivity contribution in [3.05, 3.63) is 0 Å². The summed E-state index contributed by atoms with van der Waals surface area (Å²) in [5.41, 5.74) is 5.36. The van der Waals surface area contributed by atoms with E-state index in [0.717, 1.165) is 5.75 Å². The van der Waals surface area contributed by atoms with Crippen LogP contribution in [-0.2, 0) is 0 Å². The highest BCUT2D eigenvalue weighted by molar-refractivity contribution is 7.99. The number of nitrogens with zero attached hydrogens (tertiary/aromatic N) is 3. The van der Waals surface area contributed by atoms with Crippen LogP contribution in [0.25, 0.3) is 0 Å². The van der Waals surface area contributed by atoms with Gasteiger partial charge in [-0.3, -0.25) is 0 Å². The monoisotopic (exact) mass is 216 g/mol. The number of thioether (sulfide) groups is 1. The lowest BCUT2D eigenvalue weighted by Crippen LogP contribution is -2.04. The van der Waals surface area contributed by atoms with E-state index in [4.69, 9.17) is 15.2 Å². The van der Waals surface area contributed by atoms with Gasteiger partial charge in [0.2, 0.25) is 0 Å². The molecule has 0 saturated heterocycles. The molecule has 1 aromatic rings. The van der Waals surface area contributed by atoms with Crippen LogP contribution in [0.2, 0.25) is 0 Å². The summed E-state index contributed by atoms with van der Waals surface area (Å²) in [6, 6.07) is 0.493. The van der Waals surface area contributed by atoms with Crippen LogP contribution in [0.3, 0.4) is 0 Å². The third-order valence-corrected chi connectivity index (χ3v) is 2.17. The minimum absolute atomic E-state index is 0.247. The molecule has 0 aliphatic heterocycles. The summed E-state index contributed by atoms with van der Waals surface area (Å²) in [6.45, 7) is 0.570. The summed E-state index contributed by atoms with van der Waals surface area (Å²) in [7, 11) is 2.98.